The van der Waals surface area contributed by atoms with E-state index in [0.717, 1.165) is 0 Å². The van der Waals surface area contributed by atoms with Gasteiger partial charge in [0.1, 0.15) is 5.75 Å². The number of nitrogens with zero attached hydrogens (tertiary/aromatic N) is 4. The highest BCUT2D eigenvalue weighted by molar-refractivity contribution is 7.99. The number of non-ortho nitro benzene ring substituents is 1. The second-order valence-corrected chi connectivity index (χ2v) is 4.92. The molecule has 3 N–H and O–H groups in total. The van der Waals surface area contributed by atoms with Crippen molar-refractivity contribution in [3.05, 3.63) is 46.5 Å². The normalized spacial score (nSPS) is 10.7. The first-order valence-electron chi connectivity index (χ1n) is 6.02. The van der Waals surface area contributed by atoms with Crippen molar-refractivity contribution in [2.75, 3.05) is 11.2 Å². The van der Waals surface area contributed by atoms with Crippen LogP contribution in [-0.4, -0.2) is 37.2 Å². The summed E-state index contributed by atoms with van der Waals surface area (Å²) in [5, 5.41) is 31.3. The van der Waals surface area contributed by atoms with E-state index in [9.17, 15) is 15.2 Å². The van der Waals surface area contributed by atoms with E-state index in [2.05, 4.69) is 32.3 Å². The fourth-order valence-electron chi connectivity index (χ4n) is 1.42. The molecule has 0 bridgehead atoms. The van der Waals surface area contributed by atoms with Gasteiger partial charge in [-0.1, -0.05) is 17.8 Å². The van der Waals surface area contributed by atoms with Crippen LogP contribution in [0.15, 0.2) is 41.1 Å². The number of anilines is 1. The van der Waals surface area contributed by atoms with Crippen molar-refractivity contribution >= 4 is 29.6 Å². The minimum absolute atomic E-state index is 0.115. The molecular formula is C12H12N6O3S. The van der Waals surface area contributed by atoms with Gasteiger partial charge >= 0.3 is 0 Å². The molecule has 0 radical (unpaired) electrons. The lowest BCUT2D eigenvalue weighted by molar-refractivity contribution is -0.384. The molecular weight excluding hydrogens is 308 g/mol. The monoisotopic (exact) mass is 320 g/mol. The second-order valence-electron chi connectivity index (χ2n) is 3.94. The number of H-pyrrole nitrogens is 1. The first-order chi connectivity index (χ1) is 10.6. The zero-order chi connectivity index (χ0) is 15.9. The van der Waals surface area contributed by atoms with Gasteiger partial charge in [0, 0.05) is 23.4 Å². The predicted octanol–water partition coefficient (Wildman–Crippen LogP) is 2.14. The minimum atomic E-state index is -0.552. The van der Waals surface area contributed by atoms with Crippen molar-refractivity contribution in [3.63, 3.8) is 0 Å². The van der Waals surface area contributed by atoms with Crippen LogP contribution in [-0.2, 0) is 0 Å². The number of hydrogen-bond acceptors (Lipinski definition) is 8. The molecule has 0 atom stereocenters. The molecule has 2 rings (SSSR count). The van der Waals surface area contributed by atoms with Gasteiger partial charge in [0.05, 0.1) is 11.1 Å². The molecule has 9 nitrogen and oxygen atoms in total. The zero-order valence-corrected chi connectivity index (χ0v) is 12.1. The van der Waals surface area contributed by atoms with Gasteiger partial charge in [-0.3, -0.25) is 10.1 Å². The van der Waals surface area contributed by atoms with Crippen LogP contribution in [0.5, 0.6) is 5.75 Å². The topological polar surface area (TPSA) is 129 Å². The summed E-state index contributed by atoms with van der Waals surface area (Å²) in [6, 6.07) is 3.66. The summed E-state index contributed by atoms with van der Waals surface area (Å²) in [6.45, 7) is 3.60. The molecule has 0 amide bonds. The van der Waals surface area contributed by atoms with Gasteiger partial charge in [-0.2, -0.15) is 10.1 Å². The van der Waals surface area contributed by atoms with Gasteiger partial charge in [0.25, 0.3) is 5.69 Å². The smallest absolute Gasteiger partial charge is 0.270 e. The molecule has 1 aromatic carbocycles. The number of aromatic hydroxyl groups is 1. The predicted molar refractivity (Wildman–Crippen MR) is 83.3 cm³/mol. The SMILES string of the molecule is C=CCSc1n[nH]c(N/N=C\c2cc([N+](=O)[O-])ccc2O)n1. The highest BCUT2D eigenvalue weighted by atomic mass is 32.2. The molecule has 22 heavy (non-hydrogen) atoms. The van der Waals surface area contributed by atoms with Crippen LogP contribution >= 0.6 is 11.8 Å². The van der Waals surface area contributed by atoms with E-state index in [1.165, 1.54) is 36.2 Å². The van der Waals surface area contributed by atoms with Gasteiger partial charge < -0.3 is 5.11 Å². The molecule has 0 aliphatic carbocycles. The number of phenolic OH excluding ortho intramolecular Hbond substituents is 1. The van der Waals surface area contributed by atoms with Crippen molar-refractivity contribution in [2.24, 2.45) is 5.10 Å². The van der Waals surface area contributed by atoms with Crippen LogP contribution in [0.4, 0.5) is 11.6 Å². The van der Waals surface area contributed by atoms with Crippen molar-refractivity contribution in [1.29, 1.82) is 0 Å². The number of nitrogens with one attached hydrogen (secondary N) is 2. The summed E-state index contributed by atoms with van der Waals surface area (Å²) >= 11 is 1.40. The number of aromatic nitrogens is 3. The van der Waals surface area contributed by atoms with Crippen LogP contribution in [0, 0.1) is 10.1 Å². The lowest BCUT2D eigenvalue weighted by atomic mass is 10.2. The molecule has 0 spiro atoms. The molecule has 0 saturated carbocycles. The Labute approximate surface area is 129 Å². The third kappa shape index (κ3) is 4.06. The lowest BCUT2D eigenvalue weighted by Gasteiger charge is -1.98. The molecule has 0 saturated heterocycles. The maximum Gasteiger partial charge on any atom is 0.270 e. The number of aromatic amines is 1. The van der Waals surface area contributed by atoms with Gasteiger partial charge in [-0.25, -0.2) is 10.5 Å². The van der Waals surface area contributed by atoms with Gasteiger partial charge in [0.2, 0.25) is 11.1 Å². The Bertz CT molecular complexity index is 715. The summed E-state index contributed by atoms with van der Waals surface area (Å²) in [5.41, 5.74) is 2.66. The zero-order valence-electron chi connectivity index (χ0n) is 11.3. The number of benzene rings is 1. The van der Waals surface area contributed by atoms with E-state index in [0.29, 0.717) is 16.9 Å². The van der Waals surface area contributed by atoms with Crippen LogP contribution in [0.3, 0.4) is 0 Å². The molecule has 2 aromatic rings. The van der Waals surface area contributed by atoms with E-state index in [1.54, 1.807) is 6.08 Å². The number of phenols is 1. The number of thioether (sulfide) groups is 1. The summed E-state index contributed by atoms with van der Waals surface area (Å²) < 4.78 is 0. The fourth-order valence-corrected chi connectivity index (χ4v) is 1.95. The average molecular weight is 320 g/mol. The minimum Gasteiger partial charge on any atom is -0.507 e. The van der Waals surface area contributed by atoms with Crippen LogP contribution in [0.1, 0.15) is 5.56 Å². The summed E-state index contributed by atoms with van der Waals surface area (Å²) in [5.74, 6) is 0.881. The number of nitro groups is 1. The van der Waals surface area contributed by atoms with Crippen molar-refractivity contribution < 1.29 is 10.0 Å². The Kier molecular flexibility index (Phi) is 5.09. The Morgan fingerprint density at radius 1 is 1.59 bits per heavy atom. The summed E-state index contributed by atoms with van der Waals surface area (Å²) in [7, 11) is 0. The first-order valence-corrected chi connectivity index (χ1v) is 7.01. The van der Waals surface area contributed by atoms with Gasteiger partial charge in [0.15, 0.2) is 0 Å². The number of rotatable bonds is 7. The lowest BCUT2D eigenvalue weighted by Crippen LogP contribution is -1.94. The molecule has 1 heterocycles. The van der Waals surface area contributed by atoms with Gasteiger partial charge in [-0.15, -0.1) is 11.7 Å². The summed E-state index contributed by atoms with van der Waals surface area (Å²) in [6.07, 6.45) is 2.98. The Morgan fingerprint density at radius 3 is 3.14 bits per heavy atom. The van der Waals surface area contributed by atoms with Crippen LogP contribution in [0.25, 0.3) is 0 Å². The van der Waals surface area contributed by atoms with Gasteiger partial charge in [-0.05, 0) is 6.07 Å². The highest BCUT2D eigenvalue weighted by Gasteiger charge is 2.08. The Hall–Kier alpha value is -2.88. The standard InChI is InChI=1S/C12H12N6O3S/c1-2-5-22-12-14-11(16-17-12)15-13-7-8-6-9(18(20)21)3-4-10(8)19/h2-4,6-7,19H,1,5H2,(H2,14,15,16,17)/b13-7-. The molecule has 0 fully saturated rings. The number of hydrazone groups is 1. The van der Waals surface area contributed by atoms with E-state index >= 15 is 0 Å². The average Bonchev–Trinajstić information content (AvgIpc) is 2.94. The quantitative estimate of drug-likeness (QED) is 0.234. The summed E-state index contributed by atoms with van der Waals surface area (Å²) in [4.78, 5) is 14.2. The maximum absolute atomic E-state index is 10.7. The van der Waals surface area contributed by atoms with Crippen molar-refractivity contribution in [3.8, 4) is 5.75 Å². The molecule has 114 valence electrons. The van der Waals surface area contributed by atoms with Crippen molar-refractivity contribution in [2.45, 2.75) is 5.16 Å². The van der Waals surface area contributed by atoms with Crippen molar-refractivity contribution in [1.82, 2.24) is 15.2 Å². The van der Waals surface area contributed by atoms with E-state index < -0.39 is 4.92 Å². The largest absolute Gasteiger partial charge is 0.507 e. The third-order valence-corrected chi connectivity index (χ3v) is 3.23. The van der Waals surface area contributed by atoms with E-state index in [4.69, 9.17) is 0 Å². The van der Waals surface area contributed by atoms with Crippen LogP contribution in [0.2, 0.25) is 0 Å². The van der Waals surface area contributed by atoms with Crippen LogP contribution < -0.4 is 5.43 Å². The highest BCUT2D eigenvalue weighted by Crippen LogP contribution is 2.21. The second kappa shape index (κ2) is 7.22. The van der Waals surface area contributed by atoms with E-state index in [-0.39, 0.29) is 17.0 Å². The fraction of sp³-hybridized carbons (Fsp3) is 0.0833. The molecule has 0 unspecified atom stereocenters. The molecule has 1 aromatic heterocycles. The molecule has 10 heteroatoms. The third-order valence-electron chi connectivity index (χ3n) is 2.39. The van der Waals surface area contributed by atoms with E-state index in [1.807, 2.05) is 0 Å². The number of hydrogen-bond donors (Lipinski definition) is 3. The molecule has 0 aliphatic heterocycles. The maximum atomic E-state index is 10.7. The molecule has 0 aliphatic rings. The Morgan fingerprint density at radius 2 is 2.41 bits per heavy atom. The number of nitro benzene ring substituents is 1. The Balaban J connectivity index is 2.03. The first kappa shape index (κ1) is 15.5.